The van der Waals surface area contributed by atoms with Crippen molar-refractivity contribution in [3.8, 4) is 0 Å². The van der Waals surface area contributed by atoms with Gasteiger partial charge in [0.25, 0.3) is 0 Å². The molecule has 1 aliphatic rings. The second-order valence-electron chi connectivity index (χ2n) is 4.52. The molecule has 1 rings (SSSR count). The minimum absolute atomic E-state index is 0.364. The molecule has 0 spiro atoms. The first-order valence-electron chi connectivity index (χ1n) is 7.23. The van der Waals surface area contributed by atoms with Crippen molar-refractivity contribution in [2.24, 2.45) is 5.92 Å². The number of carbonyl (C=O) groups excluding carboxylic acids is 2. The Kier molecular flexibility index (Phi) is 6.80. The van der Waals surface area contributed by atoms with Crippen LogP contribution in [0.2, 0.25) is 5.54 Å². The molecule has 0 aliphatic carbocycles. The highest BCUT2D eigenvalue weighted by molar-refractivity contribution is 6.67. The van der Waals surface area contributed by atoms with E-state index in [-0.39, 0.29) is 0 Å². The van der Waals surface area contributed by atoms with Crippen molar-refractivity contribution in [3.05, 3.63) is 0 Å². The molecule has 20 heavy (non-hydrogen) atoms. The summed E-state index contributed by atoms with van der Waals surface area (Å²) >= 11 is 0. The van der Waals surface area contributed by atoms with Crippen LogP contribution in [-0.2, 0) is 27.6 Å². The van der Waals surface area contributed by atoms with E-state index in [2.05, 4.69) is 0 Å². The van der Waals surface area contributed by atoms with Gasteiger partial charge in [0.1, 0.15) is 5.54 Å². The summed E-state index contributed by atoms with van der Waals surface area (Å²) in [6, 6.07) is 0. The number of ether oxygens (including phenoxy) is 1. The molecular formula is C13H24O6Si. The molecule has 1 aliphatic heterocycles. The van der Waals surface area contributed by atoms with Crippen LogP contribution in [0.3, 0.4) is 0 Å². The molecule has 0 saturated carbocycles. The summed E-state index contributed by atoms with van der Waals surface area (Å²) in [5.41, 5.74) is -0.741. The zero-order valence-corrected chi connectivity index (χ0v) is 13.6. The maximum absolute atomic E-state index is 12.1. The van der Waals surface area contributed by atoms with E-state index in [0.29, 0.717) is 26.2 Å². The molecule has 0 amide bonds. The van der Waals surface area contributed by atoms with E-state index < -0.39 is 32.2 Å². The van der Waals surface area contributed by atoms with Crippen LogP contribution in [0.4, 0.5) is 0 Å². The van der Waals surface area contributed by atoms with E-state index in [1.807, 2.05) is 27.7 Å². The minimum atomic E-state index is -3.26. The second-order valence-corrected chi connectivity index (χ2v) is 7.21. The Labute approximate surface area is 121 Å². The normalized spacial score (nSPS) is 23.2. The van der Waals surface area contributed by atoms with Crippen LogP contribution < -0.4 is 0 Å². The molecule has 2 atom stereocenters. The first-order valence-corrected chi connectivity index (χ1v) is 9.03. The molecule has 0 aromatic heterocycles. The highest BCUT2D eigenvalue weighted by atomic mass is 28.4. The van der Waals surface area contributed by atoms with Gasteiger partial charge in [0.05, 0.1) is 5.92 Å². The van der Waals surface area contributed by atoms with Crippen molar-refractivity contribution in [2.45, 2.75) is 46.1 Å². The van der Waals surface area contributed by atoms with Crippen molar-refractivity contribution in [1.82, 2.24) is 0 Å². The zero-order chi connectivity index (χ0) is 15.2. The number of esters is 2. The first kappa shape index (κ1) is 17.3. The number of rotatable bonds is 9. The molecule has 1 heterocycles. The summed E-state index contributed by atoms with van der Waals surface area (Å²) in [7, 11) is -3.26. The summed E-state index contributed by atoms with van der Waals surface area (Å²) < 4.78 is 22.0. The van der Waals surface area contributed by atoms with Gasteiger partial charge in [-0.15, -0.1) is 0 Å². The van der Waals surface area contributed by atoms with Gasteiger partial charge in [0.2, 0.25) is 0 Å². The zero-order valence-electron chi connectivity index (χ0n) is 12.6. The Hall–Kier alpha value is -0.763. The van der Waals surface area contributed by atoms with Crippen LogP contribution in [0.25, 0.3) is 0 Å². The van der Waals surface area contributed by atoms with Crippen molar-refractivity contribution < 1.29 is 27.6 Å². The molecule has 1 saturated heterocycles. The summed E-state index contributed by atoms with van der Waals surface area (Å²) in [6.45, 7) is 8.50. The largest absolute Gasteiger partial charge is 0.516 e. The summed E-state index contributed by atoms with van der Waals surface area (Å²) in [6.07, 6.45) is 1.34. The van der Waals surface area contributed by atoms with Crippen molar-refractivity contribution in [2.75, 3.05) is 19.8 Å². The van der Waals surface area contributed by atoms with Crippen molar-refractivity contribution in [3.63, 3.8) is 0 Å². The van der Waals surface area contributed by atoms with Gasteiger partial charge < -0.3 is 18.0 Å². The van der Waals surface area contributed by atoms with Gasteiger partial charge in [-0.3, -0.25) is 9.59 Å². The third-order valence-corrected chi connectivity index (χ3v) is 6.65. The topological polar surface area (TPSA) is 71.1 Å². The summed E-state index contributed by atoms with van der Waals surface area (Å²) in [5.74, 6) is -1.59. The highest BCUT2D eigenvalue weighted by Crippen LogP contribution is 2.41. The highest BCUT2D eigenvalue weighted by Gasteiger charge is 2.63. The predicted molar refractivity (Wildman–Crippen MR) is 73.9 cm³/mol. The molecule has 0 radical (unpaired) electrons. The number of cyclic esters (lactones) is 2. The van der Waals surface area contributed by atoms with Crippen LogP contribution in [0.1, 0.15) is 40.5 Å². The van der Waals surface area contributed by atoms with Crippen molar-refractivity contribution in [1.29, 1.82) is 0 Å². The van der Waals surface area contributed by atoms with E-state index >= 15 is 0 Å². The van der Waals surface area contributed by atoms with Crippen LogP contribution >= 0.6 is 0 Å². The SMILES string of the molecule is CCCC1C(=O)OC(=O)C1[Si](OCC)(OCC)OCC. The third-order valence-electron chi connectivity index (χ3n) is 3.18. The lowest BCUT2D eigenvalue weighted by Gasteiger charge is -2.33. The number of carbonyl (C=O) groups is 2. The monoisotopic (exact) mass is 304 g/mol. The molecule has 6 nitrogen and oxygen atoms in total. The average Bonchev–Trinajstić information content (AvgIpc) is 2.66. The maximum Gasteiger partial charge on any atom is 0.516 e. The first-order chi connectivity index (χ1) is 9.56. The molecule has 116 valence electrons. The Balaban J connectivity index is 3.13. The van der Waals surface area contributed by atoms with Gasteiger partial charge >= 0.3 is 20.7 Å². The van der Waals surface area contributed by atoms with Gasteiger partial charge in [-0.1, -0.05) is 13.3 Å². The van der Waals surface area contributed by atoms with Crippen LogP contribution in [-0.4, -0.2) is 40.6 Å². The fourth-order valence-electron chi connectivity index (χ4n) is 2.52. The quantitative estimate of drug-likeness (QED) is 0.368. The number of hydrogen-bond donors (Lipinski definition) is 0. The summed E-state index contributed by atoms with van der Waals surface area (Å²) in [4.78, 5) is 23.9. The Bertz CT molecular complexity index is 329. The molecule has 0 N–H and O–H groups in total. The Morgan fingerprint density at radius 1 is 0.950 bits per heavy atom. The van der Waals surface area contributed by atoms with Gasteiger partial charge in [0.15, 0.2) is 0 Å². The van der Waals surface area contributed by atoms with Crippen molar-refractivity contribution >= 4 is 20.7 Å². The van der Waals surface area contributed by atoms with E-state index in [0.717, 1.165) is 6.42 Å². The summed E-state index contributed by atoms with van der Waals surface area (Å²) in [5, 5.41) is 0. The van der Waals surface area contributed by atoms with E-state index in [1.54, 1.807) is 0 Å². The van der Waals surface area contributed by atoms with Gasteiger partial charge in [0, 0.05) is 19.8 Å². The van der Waals surface area contributed by atoms with Crippen LogP contribution in [0, 0.1) is 5.92 Å². The molecule has 1 fully saturated rings. The van der Waals surface area contributed by atoms with Gasteiger partial charge in [-0.05, 0) is 27.2 Å². The fraction of sp³-hybridized carbons (Fsp3) is 0.846. The number of hydrogen-bond acceptors (Lipinski definition) is 6. The minimum Gasteiger partial charge on any atom is -0.393 e. The van der Waals surface area contributed by atoms with Gasteiger partial charge in [-0.2, -0.15) is 0 Å². The van der Waals surface area contributed by atoms with E-state index in [9.17, 15) is 9.59 Å². The molecule has 2 unspecified atom stereocenters. The lowest BCUT2D eigenvalue weighted by molar-refractivity contribution is -0.153. The second kappa shape index (κ2) is 7.87. The lowest BCUT2D eigenvalue weighted by atomic mass is 10.0. The third kappa shape index (κ3) is 3.46. The smallest absolute Gasteiger partial charge is 0.393 e. The average molecular weight is 304 g/mol. The fourth-order valence-corrected chi connectivity index (χ4v) is 5.66. The van der Waals surface area contributed by atoms with Gasteiger partial charge in [-0.25, -0.2) is 0 Å². The Morgan fingerprint density at radius 3 is 1.85 bits per heavy atom. The van der Waals surface area contributed by atoms with E-state index in [4.69, 9.17) is 18.0 Å². The molecule has 7 heteroatoms. The Morgan fingerprint density at radius 2 is 1.45 bits per heavy atom. The lowest BCUT2D eigenvalue weighted by Crippen LogP contribution is -2.53. The standard InChI is InChI=1S/C13H24O6Si/c1-5-9-10-11(13(15)19-12(10)14)20(16-6-2,17-7-3)18-8-4/h10-11H,5-9H2,1-4H3. The van der Waals surface area contributed by atoms with Crippen LogP contribution in [0.15, 0.2) is 0 Å². The molecular weight excluding hydrogens is 280 g/mol. The van der Waals surface area contributed by atoms with E-state index in [1.165, 1.54) is 0 Å². The predicted octanol–water partition coefficient (Wildman–Crippen LogP) is 1.90. The maximum atomic E-state index is 12.1. The molecule has 0 aromatic carbocycles. The molecule has 0 bridgehead atoms. The van der Waals surface area contributed by atoms with Crippen LogP contribution in [0.5, 0.6) is 0 Å². The molecule has 0 aromatic rings.